The second-order valence-electron chi connectivity index (χ2n) is 5.74. The van der Waals surface area contributed by atoms with Gasteiger partial charge in [-0.05, 0) is 31.4 Å². The van der Waals surface area contributed by atoms with E-state index in [2.05, 4.69) is 12.2 Å². The van der Waals surface area contributed by atoms with Gasteiger partial charge in [-0.25, -0.2) is 0 Å². The molecule has 0 heterocycles. The van der Waals surface area contributed by atoms with Gasteiger partial charge in [0.05, 0.1) is 17.9 Å². The molecule has 0 bridgehead atoms. The van der Waals surface area contributed by atoms with E-state index < -0.39 is 5.60 Å². The summed E-state index contributed by atoms with van der Waals surface area (Å²) in [5.41, 5.74) is 6.93. The highest BCUT2D eigenvalue weighted by Gasteiger charge is 2.28. The number of rotatable bonds is 6. The fraction of sp³-hybridized carbons (Fsp3) is 0.625. The lowest BCUT2D eigenvalue weighted by molar-refractivity contribution is 0.0167. The van der Waals surface area contributed by atoms with Gasteiger partial charge in [0.2, 0.25) is 0 Å². The van der Waals surface area contributed by atoms with Crippen LogP contribution in [0.1, 0.15) is 45.4 Å². The number of hydrogen-bond donors (Lipinski definition) is 3. The largest absolute Gasteiger partial charge is 0.491 e. The minimum Gasteiger partial charge on any atom is -0.491 e. The fourth-order valence-corrected chi connectivity index (χ4v) is 2.63. The standard InChI is InChI=1S/C16H26N2O2/c1-2-10-20-15-11-13(6-7-14(15)17)18-12-16(19)8-4-3-5-9-16/h6-7,11,18-19H,2-5,8-10,12,17H2,1H3. The number of ether oxygens (including phenoxy) is 1. The normalized spacial score (nSPS) is 17.7. The topological polar surface area (TPSA) is 67.5 Å². The maximum Gasteiger partial charge on any atom is 0.144 e. The predicted octanol–water partition coefficient (Wildman–Crippen LogP) is 3.16. The lowest BCUT2D eigenvalue weighted by Crippen LogP contribution is -2.38. The van der Waals surface area contributed by atoms with Crippen LogP contribution in [0.5, 0.6) is 5.75 Å². The van der Waals surface area contributed by atoms with E-state index in [4.69, 9.17) is 10.5 Å². The summed E-state index contributed by atoms with van der Waals surface area (Å²) in [4.78, 5) is 0. The number of nitrogen functional groups attached to an aromatic ring is 1. The first-order valence-electron chi connectivity index (χ1n) is 7.61. The first-order chi connectivity index (χ1) is 9.63. The summed E-state index contributed by atoms with van der Waals surface area (Å²) in [5.74, 6) is 0.715. The van der Waals surface area contributed by atoms with Gasteiger partial charge in [-0.2, -0.15) is 0 Å². The lowest BCUT2D eigenvalue weighted by Gasteiger charge is -2.32. The Morgan fingerprint density at radius 3 is 2.75 bits per heavy atom. The monoisotopic (exact) mass is 278 g/mol. The molecule has 0 aromatic heterocycles. The number of benzene rings is 1. The average molecular weight is 278 g/mol. The van der Waals surface area contributed by atoms with E-state index in [1.165, 1.54) is 6.42 Å². The van der Waals surface area contributed by atoms with Crippen LogP contribution >= 0.6 is 0 Å². The van der Waals surface area contributed by atoms with Crippen LogP contribution in [-0.4, -0.2) is 23.9 Å². The quantitative estimate of drug-likeness (QED) is 0.699. The van der Waals surface area contributed by atoms with E-state index >= 15 is 0 Å². The molecule has 1 aliphatic rings. The number of nitrogens with two attached hydrogens (primary N) is 1. The summed E-state index contributed by atoms with van der Waals surface area (Å²) in [7, 11) is 0. The van der Waals surface area contributed by atoms with Crippen molar-refractivity contribution in [1.82, 2.24) is 0 Å². The molecule has 0 unspecified atom stereocenters. The maximum absolute atomic E-state index is 10.5. The summed E-state index contributed by atoms with van der Waals surface area (Å²) in [6.07, 6.45) is 6.19. The molecule has 1 aliphatic carbocycles. The average Bonchev–Trinajstić information content (AvgIpc) is 2.46. The summed E-state index contributed by atoms with van der Waals surface area (Å²) >= 11 is 0. The summed E-state index contributed by atoms with van der Waals surface area (Å²) < 4.78 is 5.62. The van der Waals surface area contributed by atoms with Crippen molar-refractivity contribution in [2.45, 2.75) is 51.0 Å². The van der Waals surface area contributed by atoms with Crippen molar-refractivity contribution in [3.63, 3.8) is 0 Å². The molecule has 1 aromatic carbocycles. The molecule has 0 amide bonds. The lowest BCUT2D eigenvalue weighted by atomic mass is 9.85. The van der Waals surface area contributed by atoms with E-state index in [-0.39, 0.29) is 0 Å². The first-order valence-corrected chi connectivity index (χ1v) is 7.61. The Labute approximate surface area is 121 Å². The summed E-state index contributed by atoms with van der Waals surface area (Å²) in [6.45, 7) is 3.32. The van der Waals surface area contributed by atoms with Crippen molar-refractivity contribution in [3.05, 3.63) is 18.2 Å². The number of aliphatic hydroxyl groups is 1. The van der Waals surface area contributed by atoms with Crippen molar-refractivity contribution in [2.75, 3.05) is 24.2 Å². The molecule has 4 nitrogen and oxygen atoms in total. The van der Waals surface area contributed by atoms with Crippen molar-refractivity contribution in [3.8, 4) is 5.75 Å². The third kappa shape index (κ3) is 4.04. The fourth-order valence-electron chi connectivity index (χ4n) is 2.63. The third-order valence-corrected chi connectivity index (χ3v) is 3.88. The van der Waals surface area contributed by atoms with Crippen LogP contribution in [-0.2, 0) is 0 Å². The summed E-state index contributed by atoms with van der Waals surface area (Å²) in [5, 5.41) is 13.8. The molecule has 4 heteroatoms. The van der Waals surface area contributed by atoms with Crippen molar-refractivity contribution >= 4 is 11.4 Å². The zero-order valence-corrected chi connectivity index (χ0v) is 12.3. The molecule has 0 saturated heterocycles. The van der Waals surface area contributed by atoms with Gasteiger partial charge in [0.15, 0.2) is 0 Å². The molecule has 112 valence electrons. The number of anilines is 2. The highest BCUT2D eigenvalue weighted by molar-refractivity contribution is 5.61. The molecular formula is C16H26N2O2. The van der Waals surface area contributed by atoms with E-state index in [0.29, 0.717) is 24.6 Å². The van der Waals surface area contributed by atoms with Crippen LogP contribution in [0, 0.1) is 0 Å². The van der Waals surface area contributed by atoms with E-state index in [1.54, 1.807) is 0 Å². The van der Waals surface area contributed by atoms with Crippen molar-refractivity contribution < 1.29 is 9.84 Å². The van der Waals surface area contributed by atoms with Gasteiger partial charge in [0.1, 0.15) is 5.75 Å². The molecule has 0 spiro atoms. The third-order valence-electron chi connectivity index (χ3n) is 3.88. The Kier molecular flexibility index (Phi) is 5.12. The van der Waals surface area contributed by atoms with Crippen LogP contribution in [0.15, 0.2) is 18.2 Å². The molecule has 0 radical (unpaired) electrons. The summed E-state index contributed by atoms with van der Waals surface area (Å²) in [6, 6.07) is 5.69. The van der Waals surface area contributed by atoms with Crippen LogP contribution < -0.4 is 15.8 Å². The van der Waals surface area contributed by atoms with Crippen molar-refractivity contribution in [2.24, 2.45) is 0 Å². The SMILES string of the molecule is CCCOc1cc(NCC2(O)CCCCC2)ccc1N. The molecule has 0 aliphatic heterocycles. The van der Waals surface area contributed by atoms with Gasteiger partial charge >= 0.3 is 0 Å². The molecule has 2 rings (SSSR count). The zero-order valence-electron chi connectivity index (χ0n) is 12.3. The van der Waals surface area contributed by atoms with E-state index in [1.807, 2.05) is 18.2 Å². The van der Waals surface area contributed by atoms with Gasteiger partial charge in [-0.15, -0.1) is 0 Å². The molecule has 4 N–H and O–H groups in total. The second kappa shape index (κ2) is 6.84. The Bertz CT molecular complexity index is 428. The Balaban J connectivity index is 1.95. The van der Waals surface area contributed by atoms with Crippen LogP contribution in [0.4, 0.5) is 11.4 Å². The molecule has 20 heavy (non-hydrogen) atoms. The molecule has 1 aromatic rings. The van der Waals surface area contributed by atoms with Crippen LogP contribution in [0.2, 0.25) is 0 Å². The molecule has 1 fully saturated rings. The Morgan fingerprint density at radius 1 is 1.30 bits per heavy atom. The zero-order chi connectivity index (χ0) is 14.4. The van der Waals surface area contributed by atoms with Gasteiger partial charge in [-0.3, -0.25) is 0 Å². The van der Waals surface area contributed by atoms with Crippen molar-refractivity contribution in [1.29, 1.82) is 0 Å². The Hall–Kier alpha value is -1.42. The second-order valence-corrected chi connectivity index (χ2v) is 5.74. The van der Waals surface area contributed by atoms with Gasteiger partial charge in [0, 0.05) is 18.3 Å². The number of nitrogens with one attached hydrogen (secondary N) is 1. The first kappa shape index (κ1) is 15.0. The van der Waals surface area contributed by atoms with Crippen LogP contribution in [0.3, 0.4) is 0 Å². The predicted molar refractivity (Wildman–Crippen MR) is 83.2 cm³/mol. The van der Waals surface area contributed by atoms with Crippen LogP contribution in [0.25, 0.3) is 0 Å². The van der Waals surface area contributed by atoms with Gasteiger partial charge in [-0.1, -0.05) is 26.2 Å². The van der Waals surface area contributed by atoms with E-state index in [0.717, 1.165) is 37.8 Å². The minimum absolute atomic E-state index is 0.565. The van der Waals surface area contributed by atoms with Gasteiger partial charge in [0.25, 0.3) is 0 Å². The van der Waals surface area contributed by atoms with Gasteiger partial charge < -0.3 is 20.9 Å². The Morgan fingerprint density at radius 2 is 2.05 bits per heavy atom. The highest BCUT2D eigenvalue weighted by atomic mass is 16.5. The highest BCUT2D eigenvalue weighted by Crippen LogP contribution is 2.30. The van der Waals surface area contributed by atoms with E-state index in [9.17, 15) is 5.11 Å². The smallest absolute Gasteiger partial charge is 0.144 e. The molecular weight excluding hydrogens is 252 g/mol. The number of hydrogen-bond acceptors (Lipinski definition) is 4. The molecule has 1 saturated carbocycles. The maximum atomic E-state index is 10.5. The minimum atomic E-state index is -0.565. The molecule has 0 atom stereocenters.